The van der Waals surface area contributed by atoms with Crippen LogP contribution in [0.3, 0.4) is 0 Å². The SMILES string of the molecule is CC1(C)C(=O)N(c2cc(Cl)cc(Cl)c2)C(n2cncn2)C1=NO. The van der Waals surface area contributed by atoms with Gasteiger partial charge in [-0.3, -0.25) is 9.69 Å². The molecule has 1 N–H and O–H groups in total. The van der Waals surface area contributed by atoms with Crippen molar-refractivity contribution in [3.63, 3.8) is 0 Å². The second-order valence-electron chi connectivity index (χ2n) is 5.66. The molecule has 1 fully saturated rings. The van der Waals surface area contributed by atoms with Crippen LogP contribution in [0.15, 0.2) is 36.0 Å². The largest absolute Gasteiger partial charge is 0.411 e. The van der Waals surface area contributed by atoms with E-state index in [0.717, 1.165) is 0 Å². The van der Waals surface area contributed by atoms with Gasteiger partial charge in [0.05, 0.1) is 5.41 Å². The Bertz CT molecular complexity index is 768. The third-order valence-corrected chi connectivity index (χ3v) is 4.24. The van der Waals surface area contributed by atoms with Gasteiger partial charge in [-0.2, -0.15) is 5.10 Å². The van der Waals surface area contributed by atoms with Crippen molar-refractivity contribution in [3.8, 4) is 0 Å². The van der Waals surface area contributed by atoms with Gasteiger partial charge in [-0.05, 0) is 32.0 Å². The van der Waals surface area contributed by atoms with Crippen molar-refractivity contribution in [1.82, 2.24) is 14.8 Å². The molecule has 1 aromatic carbocycles. The smallest absolute Gasteiger partial charge is 0.240 e. The Kier molecular flexibility index (Phi) is 3.77. The number of halogens is 2. The van der Waals surface area contributed by atoms with Crippen LogP contribution in [0.5, 0.6) is 0 Å². The van der Waals surface area contributed by atoms with Gasteiger partial charge in [0.15, 0.2) is 6.17 Å². The van der Waals surface area contributed by atoms with Gasteiger partial charge in [0, 0.05) is 15.7 Å². The lowest BCUT2D eigenvalue weighted by Crippen LogP contribution is -2.34. The zero-order valence-corrected chi connectivity index (χ0v) is 13.8. The number of aromatic nitrogens is 3. The first-order valence-electron chi connectivity index (χ1n) is 6.72. The zero-order chi connectivity index (χ0) is 16.8. The number of amides is 1. The molecule has 120 valence electrons. The summed E-state index contributed by atoms with van der Waals surface area (Å²) in [4.78, 5) is 18.3. The number of carbonyl (C=O) groups is 1. The number of benzene rings is 1. The van der Waals surface area contributed by atoms with Crippen molar-refractivity contribution in [2.24, 2.45) is 10.6 Å². The van der Waals surface area contributed by atoms with Crippen LogP contribution in [0.25, 0.3) is 0 Å². The van der Waals surface area contributed by atoms with Crippen molar-refractivity contribution < 1.29 is 10.0 Å². The second kappa shape index (κ2) is 5.50. The lowest BCUT2D eigenvalue weighted by atomic mass is 9.89. The number of oxime groups is 1. The van der Waals surface area contributed by atoms with Crippen molar-refractivity contribution in [2.45, 2.75) is 20.0 Å². The Balaban J connectivity index is 2.21. The summed E-state index contributed by atoms with van der Waals surface area (Å²) >= 11 is 12.1. The van der Waals surface area contributed by atoms with E-state index >= 15 is 0 Å². The second-order valence-corrected chi connectivity index (χ2v) is 6.54. The molecule has 2 aromatic rings. The molecule has 2 heterocycles. The fourth-order valence-electron chi connectivity index (χ4n) is 2.67. The van der Waals surface area contributed by atoms with Gasteiger partial charge in [-0.25, -0.2) is 9.67 Å². The van der Waals surface area contributed by atoms with Crippen LogP contribution in [0.2, 0.25) is 10.0 Å². The normalized spacial score (nSPS) is 22.1. The van der Waals surface area contributed by atoms with E-state index in [0.29, 0.717) is 15.7 Å². The van der Waals surface area contributed by atoms with Gasteiger partial charge >= 0.3 is 0 Å². The standard InChI is InChI=1S/C14H13Cl2N5O2/c1-14(2)11(19-23)12(20-7-17-6-18-20)21(13(14)22)10-4-8(15)3-9(16)5-10/h3-7,12,23H,1-2H3. The van der Waals surface area contributed by atoms with Gasteiger partial charge in [-0.15, -0.1) is 0 Å². The maximum absolute atomic E-state index is 12.9. The number of hydrogen-bond donors (Lipinski definition) is 1. The van der Waals surface area contributed by atoms with Gasteiger partial charge < -0.3 is 5.21 Å². The van der Waals surface area contributed by atoms with E-state index in [2.05, 4.69) is 15.2 Å². The molecule has 7 nitrogen and oxygen atoms in total. The zero-order valence-electron chi connectivity index (χ0n) is 12.3. The molecule has 0 aliphatic carbocycles. The number of hydrogen-bond acceptors (Lipinski definition) is 5. The Hall–Kier alpha value is -2.12. The summed E-state index contributed by atoms with van der Waals surface area (Å²) in [5.41, 5.74) is -0.274. The summed E-state index contributed by atoms with van der Waals surface area (Å²) in [6.07, 6.45) is 2.04. The van der Waals surface area contributed by atoms with Crippen LogP contribution in [0, 0.1) is 5.41 Å². The molecule has 1 aromatic heterocycles. The summed E-state index contributed by atoms with van der Waals surface area (Å²) in [5.74, 6) is -0.260. The lowest BCUT2D eigenvalue weighted by molar-refractivity contribution is -0.122. The number of anilines is 1. The average Bonchev–Trinajstić information content (AvgIpc) is 3.04. The van der Waals surface area contributed by atoms with E-state index < -0.39 is 11.6 Å². The predicted octanol–water partition coefficient (Wildman–Crippen LogP) is 2.99. The Morgan fingerprint density at radius 1 is 1.26 bits per heavy atom. The predicted molar refractivity (Wildman–Crippen MR) is 86.0 cm³/mol. The van der Waals surface area contributed by atoms with E-state index in [1.807, 2.05) is 0 Å². The summed E-state index contributed by atoms with van der Waals surface area (Å²) in [6, 6.07) is 4.81. The average molecular weight is 354 g/mol. The summed E-state index contributed by atoms with van der Waals surface area (Å²) in [7, 11) is 0. The van der Waals surface area contributed by atoms with Gasteiger partial charge in [0.1, 0.15) is 18.4 Å². The fraction of sp³-hybridized carbons (Fsp3) is 0.286. The van der Waals surface area contributed by atoms with E-state index in [4.69, 9.17) is 23.2 Å². The molecule has 0 radical (unpaired) electrons. The minimum absolute atomic E-state index is 0.254. The molecule has 1 aliphatic rings. The molecule has 0 spiro atoms. The lowest BCUT2D eigenvalue weighted by Gasteiger charge is -2.24. The third kappa shape index (κ3) is 2.46. The molecule has 9 heteroatoms. The van der Waals surface area contributed by atoms with Gasteiger partial charge in [0.25, 0.3) is 0 Å². The highest BCUT2D eigenvalue weighted by molar-refractivity contribution is 6.35. The number of carbonyl (C=O) groups excluding carboxylic acids is 1. The molecule has 3 rings (SSSR count). The minimum atomic E-state index is -1.01. The molecule has 1 unspecified atom stereocenters. The third-order valence-electron chi connectivity index (χ3n) is 3.80. The first kappa shape index (κ1) is 15.8. The molecular weight excluding hydrogens is 341 g/mol. The van der Waals surface area contributed by atoms with Gasteiger partial charge in [-0.1, -0.05) is 28.4 Å². The molecule has 0 bridgehead atoms. The van der Waals surface area contributed by atoms with Crippen LogP contribution in [-0.4, -0.2) is 31.6 Å². The van der Waals surface area contributed by atoms with Crippen LogP contribution in [-0.2, 0) is 4.79 Å². The summed E-state index contributed by atoms with van der Waals surface area (Å²) in [5, 5.41) is 17.7. The highest BCUT2D eigenvalue weighted by atomic mass is 35.5. The maximum Gasteiger partial charge on any atom is 0.240 e. The van der Waals surface area contributed by atoms with E-state index in [9.17, 15) is 10.0 Å². The summed E-state index contributed by atoms with van der Waals surface area (Å²) < 4.78 is 1.44. The first-order valence-corrected chi connectivity index (χ1v) is 7.48. The molecule has 1 atom stereocenters. The van der Waals surface area contributed by atoms with E-state index in [1.54, 1.807) is 32.0 Å². The number of rotatable bonds is 2. The Morgan fingerprint density at radius 3 is 2.43 bits per heavy atom. The first-order chi connectivity index (χ1) is 10.9. The topological polar surface area (TPSA) is 83.6 Å². The monoisotopic (exact) mass is 353 g/mol. The van der Waals surface area contributed by atoms with Crippen molar-refractivity contribution in [1.29, 1.82) is 0 Å². The molecule has 1 amide bonds. The van der Waals surface area contributed by atoms with E-state index in [-0.39, 0.29) is 11.6 Å². The molecule has 23 heavy (non-hydrogen) atoms. The van der Waals surface area contributed by atoms with Crippen LogP contribution in [0.1, 0.15) is 20.0 Å². The molecule has 0 saturated carbocycles. The van der Waals surface area contributed by atoms with E-state index in [1.165, 1.54) is 22.2 Å². The van der Waals surface area contributed by atoms with Crippen LogP contribution >= 0.6 is 23.2 Å². The molecular formula is C14H13Cl2N5O2. The quantitative estimate of drug-likeness (QED) is 0.664. The van der Waals surface area contributed by atoms with Gasteiger partial charge in [0.2, 0.25) is 5.91 Å². The summed E-state index contributed by atoms with van der Waals surface area (Å²) in [6.45, 7) is 3.36. The number of nitrogens with zero attached hydrogens (tertiary/aromatic N) is 5. The molecule has 1 aliphatic heterocycles. The maximum atomic E-state index is 12.9. The Labute approximate surface area is 142 Å². The fourth-order valence-corrected chi connectivity index (χ4v) is 3.18. The van der Waals surface area contributed by atoms with Crippen molar-refractivity contribution >= 4 is 40.5 Å². The Morgan fingerprint density at radius 2 is 1.91 bits per heavy atom. The molecule has 1 saturated heterocycles. The van der Waals surface area contributed by atoms with Crippen LogP contribution < -0.4 is 4.90 Å². The highest BCUT2D eigenvalue weighted by Crippen LogP contribution is 2.42. The van der Waals surface area contributed by atoms with Crippen molar-refractivity contribution in [3.05, 3.63) is 40.9 Å². The van der Waals surface area contributed by atoms with Crippen molar-refractivity contribution in [2.75, 3.05) is 4.90 Å². The minimum Gasteiger partial charge on any atom is -0.411 e. The van der Waals surface area contributed by atoms with Crippen LogP contribution in [0.4, 0.5) is 5.69 Å². The highest BCUT2D eigenvalue weighted by Gasteiger charge is 2.53.